The van der Waals surface area contributed by atoms with Gasteiger partial charge in [-0.3, -0.25) is 4.79 Å². The molecule has 29 heavy (non-hydrogen) atoms. The Morgan fingerprint density at radius 1 is 1.41 bits per heavy atom. The third-order valence-electron chi connectivity index (χ3n) is 5.13. The first-order valence-corrected chi connectivity index (χ1v) is 10.5. The molecule has 1 fully saturated rings. The summed E-state index contributed by atoms with van der Waals surface area (Å²) in [6.07, 6.45) is 7.20. The summed E-state index contributed by atoms with van der Waals surface area (Å²) in [4.78, 5) is 29.8. The van der Waals surface area contributed by atoms with Crippen molar-refractivity contribution in [2.24, 2.45) is 11.8 Å². The molecule has 1 N–H and O–H groups in total. The molecule has 1 unspecified atom stereocenters. The molecule has 2 aliphatic rings. The number of para-hydroxylation sites is 1. The molecule has 2 aliphatic heterocycles. The number of nitrogens with zero attached hydrogens (tertiary/aromatic N) is 2. The van der Waals surface area contributed by atoms with Gasteiger partial charge in [-0.1, -0.05) is 30.8 Å². The fourth-order valence-corrected chi connectivity index (χ4v) is 6.10. The number of β-lactam (4-membered cyclic amide) rings is 1. The van der Waals surface area contributed by atoms with Crippen LogP contribution in [0.2, 0.25) is 0 Å². The van der Waals surface area contributed by atoms with E-state index in [9.17, 15) is 19.8 Å². The van der Waals surface area contributed by atoms with E-state index in [-0.39, 0.29) is 53.1 Å². The van der Waals surface area contributed by atoms with Crippen LogP contribution in [0.25, 0.3) is 10.2 Å². The molecule has 146 valence electrons. The number of carboxylic acid groups (broad SMARTS) is 1. The summed E-state index contributed by atoms with van der Waals surface area (Å²) in [6.45, 7) is 3.48. The summed E-state index contributed by atoms with van der Waals surface area (Å²) < 4.78 is 1.94. The fourth-order valence-electron chi connectivity index (χ4n) is 3.88. The number of thiazole rings is 1. The topological polar surface area (TPSA) is 93.6 Å². The maximum Gasteiger partial charge on any atom is 1.00 e. The Balaban J connectivity index is 0.000000970. The minimum Gasteiger partial charge on any atom is -0.543 e. The monoisotopic (exact) mass is 438 g/mol. The van der Waals surface area contributed by atoms with Crippen LogP contribution in [0.15, 0.2) is 39.9 Å². The van der Waals surface area contributed by atoms with Crippen LogP contribution in [0.1, 0.15) is 13.8 Å². The van der Waals surface area contributed by atoms with Gasteiger partial charge in [0.1, 0.15) is 0 Å². The van der Waals surface area contributed by atoms with Crippen molar-refractivity contribution in [3.63, 3.8) is 0 Å². The van der Waals surface area contributed by atoms with Crippen LogP contribution in [0.4, 0.5) is 0 Å². The van der Waals surface area contributed by atoms with Gasteiger partial charge in [0.05, 0.1) is 39.9 Å². The standard InChI is InChI=1S/C18H18N2O4S2.C2H2.Na/c1-8-10(7-25-18-19-11-5-3-4-6-12(11)26-18)15(17(23)24)20-14(8)13(9(2)21)16(20)22;1-2;/h3-6,8-9,13-14,21H,7H2,1-2H3,(H,23,24);1-2H;/q;;+1/p-1/t8-,9+,13+,14?;;/m0../s1. The molecular formula is C20H19N2NaO4S2. The fraction of sp³-hybridized carbons (Fsp3) is 0.350. The minimum absolute atomic E-state index is 0. The van der Waals surface area contributed by atoms with Gasteiger partial charge < -0.3 is 19.9 Å². The average molecular weight is 439 g/mol. The van der Waals surface area contributed by atoms with Gasteiger partial charge in [0.25, 0.3) is 0 Å². The second kappa shape index (κ2) is 9.65. The summed E-state index contributed by atoms with van der Waals surface area (Å²) in [5.41, 5.74) is 1.57. The molecule has 3 heterocycles. The van der Waals surface area contributed by atoms with E-state index in [4.69, 9.17) is 0 Å². The van der Waals surface area contributed by atoms with Crippen LogP contribution in [-0.4, -0.2) is 44.8 Å². The number of hydrogen-bond acceptors (Lipinski definition) is 7. The minimum atomic E-state index is -1.34. The average Bonchev–Trinajstić information content (AvgIpc) is 3.18. The predicted octanol–water partition coefficient (Wildman–Crippen LogP) is -1.50. The van der Waals surface area contributed by atoms with Gasteiger partial charge in [0.2, 0.25) is 5.91 Å². The molecule has 0 radical (unpaired) electrons. The second-order valence-electron chi connectivity index (χ2n) is 6.65. The van der Waals surface area contributed by atoms with E-state index in [1.54, 1.807) is 18.3 Å². The molecule has 0 spiro atoms. The number of aliphatic carboxylic acids is 1. The van der Waals surface area contributed by atoms with Crippen molar-refractivity contribution in [3.8, 4) is 12.8 Å². The Bertz CT molecular complexity index is 952. The summed E-state index contributed by atoms with van der Waals surface area (Å²) >= 11 is 3.03. The third kappa shape index (κ3) is 4.13. The number of aromatic nitrogens is 1. The van der Waals surface area contributed by atoms with Gasteiger partial charge in [-0.15, -0.1) is 24.2 Å². The summed E-state index contributed by atoms with van der Waals surface area (Å²) in [6, 6.07) is 7.52. The van der Waals surface area contributed by atoms with Crippen molar-refractivity contribution in [2.75, 3.05) is 5.75 Å². The number of amides is 1. The Morgan fingerprint density at radius 2 is 2.07 bits per heavy atom. The normalized spacial score (nSPS) is 23.6. The van der Waals surface area contributed by atoms with Crippen molar-refractivity contribution in [1.82, 2.24) is 9.88 Å². The van der Waals surface area contributed by atoms with Crippen molar-refractivity contribution in [1.29, 1.82) is 0 Å². The van der Waals surface area contributed by atoms with E-state index >= 15 is 0 Å². The van der Waals surface area contributed by atoms with E-state index < -0.39 is 18.0 Å². The number of carbonyl (C=O) groups is 2. The number of thioether (sulfide) groups is 1. The number of fused-ring (bicyclic) bond motifs is 2. The molecule has 1 saturated heterocycles. The Morgan fingerprint density at radius 3 is 2.66 bits per heavy atom. The SMILES string of the molecule is C#C.C[C@H]1C(CSc2nc3ccccc3s2)=C(C(=O)[O-])N2C(=O)[C@H]([C@@H](C)O)C12.[Na+]. The first-order chi connectivity index (χ1) is 13.4. The third-order valence-corrected chi connectivity index (χ3v) is 7.36. The summed E-state index contributed by atoms with van der Waals surface area (Å²) in [5.74, 6) is -1.93. The smallest absolute Gasteiger partial charge is 0.543 e. The van der Waals surface area contributed by atoms with Crippen molar-refractivity contribution >= 4 is 45.2 Å². The van der Waals surface area contributed by atoms with E-state index in [0.717, 1.165) is 14.6 Å². The number of rotatable bonds is 5. The number of carboxylic acids is 1. The van der Waals surface area contributed by atoms with Crippen LogP contribution in [0, 0.1) is 24.7 Å². The Hall–Kier alpha value is -1.34. The number of benzene rings is 1. The van der Waals surface area contributed by atoms with Crippen LogP contribution in [0.3, 0.4) is 0 Å². The molecule has 0 bridgehead atoms. The molecular weight excluding hydrogens is 419 g/mol. The summed E-state index contributed by atoms with van der Waals surface area (Å²) in [7, 11) is 0. The number of terminal acetylenes is 1. The van der Waals surface area contributed by atoms with E-state index in [1.165, 1.54) is 16.7 Å². The van der Waals surface area contributed by atoms with Gasteiger partial charge in [-0.2, -0.15) is 0 Å². The zero-order chi connectivity index (χ0) is 20.6. The Kier molecular flexibility index (Phi) is 7.96. The second-order valence-corrected chi connectivity index (χ2v) is 8.90. The van der Waals surface area contributed by atoms with E-state index in [0.29, 0.717) is 11.3 Å². The molecule has 1 aromatic carbocycles. The van der Waals surface area contributed by atoms with Crippen LogP contribution < -0.4 is 34.7 Å². The van der Waals surface area contributed by atoms with Gasteiger partial charge in [0.15, 0.2) is 4.34 Å². The zero-order valence-corrected chi connectivity index (χ0v) is 20.0. The Labute approximate surface area is 199 Å². The first kappa shape index (κ1) is 23.9. The zero-order valence-electron chi connectivity index (χ0n) is 16.4. The molecule has 4 rings (SSSR count). The van der Waals surface area contributed by atoms with Crippen LogP contribution in [-0.2, 0) is 9.59 Å². The number of aliphatic hydroxyl groups excluding tert-OH is 1. The first-order valence-electron chi connectivity index (χ1n) is 8.67. The molecule has 6 nitrogen and oxygen atoms in total. The molecule has 1 aromatic heterocycles. The maximum atomic E-state index is 12.3. The predicted molar refractivity (Wildman–Crippen MR) is 107 cm³/mol. The molecule has 4 atom stereocenters. The van der Waals surface area contributed by atoms with Gasteiger partial charge in [0, 0.05) is 11.7 Å². The quantitative estimate of drug-likeness (QED) is 0.265. The maximum absolute atomic E-state index is 12.3. The van der Waals surface area contributed by atoms with Gasteiger partial charge in [-0.05, 0) is 24.6 Å². The van der Waals surface area contributed by atoms with Crippen molar-refractivity contribution in [3.05, 3.63) is 35.5 Å². The molecule has 0 saturated carbocycles. The number of aliphatic hydroxyl groups is 1. The molecule has 1 amide bonds. The number of hydrogen-bond donors (Lipinski definition) is 1. The van der Waals surface area contributed by atoms with Crippen LogP contribution >= 0.6 is 23.1 Å². The molecule has 9 heteroatoms. The number of carbonyl (C=O) groups excluding carboxylic acids is 2. The van der Waals surface area contributed by atoms with Gasteiger partial charge in [-0.25, -0.2) is 4.98 Å². The molecule has 2 aromatic rings. The molecule has 0 aliphatic carbocycles. The van der Waals surface area contributed by atoms with E-state index in [2.05, 4.69) is 17.8 Å². The van der Waals surface area contributed by atoms with Crippen LogP contribution in [0.5, 0.6) is 0 Å². The van der Waals surface area contributed by atoms with Crippen molar-refractivity contribution < 1.29 is 49.4 Å². The largest absolute Gasteiger partial charge is 1.00 e. The van der Waals surface area contributed by atoms with Gasteiger partial charge >= 0.3 is 29.6 Å². The van der Waals surface area contributed by atoms with Crippen molar-refractivity contribution in [2.45, 2.75) is 30.3 Å². The summed E-state index contributed by atoms with van der Waals surface area (Å²) in [5, 5.41) is 21.5. The van der Waals surface area contributed by atoms with E-state index in [1.807, 2.05) is 31.2 Å².